The average Bonchev–Trinajstić information content (AvgIpc) is 2.76. The Morgan fingerprint density at radius 3 is 2.43 bits per heavy atom. The van der Waals surface area contributed by atoms with Crippen LogP contribution in [-0.2, 0) is 28.7 Å². The molecule has 1 saturated heterocycles. The van der Waals surface area contributed by atoms with Crippen molar-refractivity contribution in [3.8, 4) is 0 Å². The molecule has 4 atom stereocenters. The van der Waals surface area contributed by atoms with Crippen LogP contribution in [0.1, 0.15) is 53.9 Å². The topological polar surface area (TPSA) is 128 Å². The molecule has 30 heavy (non-hydrogen) atoms. The van der Waals surface area contributed by atoms with Crippen LogP contribution in [0.4, 0.5) is 4.79 Å². The van der Waals surface area contributed by atoms with Crippen molar-refractivity contribution in [3.05, 3.63) is 0 Å². The standard InChI is InChI=1S/C20H32N2O7S/c1-11(23)15(21-19(27)29-20(3,4)5)8-7-14(24)9-13-10-30-12(2)16(18(26)28-6)22-17(13)25/h12-13,15-16H,7-10H2,1-6H3,(H,21,27)(H,22,25)/t12-,13-,15-,16-/m0/s1. The average molecular weight is 445 g/mol. The first kappa shape index (κ1) is 25.9. The van der Waals surface area contributed by atoms with E-state index < -0.39 is 35.7 Å². The number of alkyl carbamates (subject to hydrolysis) is 1. The third-order valence-electron chi connectivity index (χ3n) is 4.52. The van der Waals surface area contributed by atoms with Gasteiger partial charge in [0.05, 0.1) is 19.1 Å². The molecule has 0 aromatic heterocycles. The van der Waals surface area contributed by atoms with Gasteiger partial charge in [0.1, 0.15) is 17.4 Å². The second-order valence-electron chi connectivity index (χ2n) is 8.34. The largest absolute Gasteiger partial charge is 0.467 e. The van der Waals surface area contributed by atoms with Crippen LogP contribution in [0.5, 0.6) is 0 Å². The number of hydrogen-bond acceptors (Lipinski definition) is 8. The van der Waals surface area contributed by atoms with Gasteiger partial charge in [0.15, 0.2) is 5.78 Å². The van der Waals surface area contributed by atoms with Crippen molar-refractivity contribution in [1.29, 1.82) is 0 Å². The minimum absolute atomic E-state index is 0.00346. The molecular weight excluding hydrogens is 412 g/mol. The Hall–Kier alpha value is -2.10. The van der Waals surface area contributed by atoms with E-state index in [-0.39, 0.29) is 42.0 Å². The number of nitrogens with one attached hydrogen (secondary N) is 2. The van der Waals surface area contributed by atoms with Crippen LogP contribution >= 0.6 is 11.8 Å². The van der Waals surface area contributed by atoms with Crippen LogP contribution < -0.4 is 10.6 Å². The fraction of sp³-hybridized carbons (Fsp3) is 0.750. The SMILES string of the molecule is COC(=O)[C@H]1NC(=O)[C@@H](CC(=O)CC[C@H](NC(=O)OC(C)(C)C)C(C)=O)CS[C@H]1C. The van der Waals surface area contributed by atoms with Gasteiger partial charge in [-0.25, -0.2) is 9.59 Å². The fourth-order valence-corrected chi connectivity index (χ4v) is 4.04. The van der Waals surface area contributed by atoms with Crippen LogP contribution in [0.25, 0.3) is 0 Å². The summed E-state index contributed by atoms with van der Waals surface area (Å²) in [5.41, 5.74) is -0.703. The minimum atomic E-state index is -0.843. The van der Waals surface area contributed by atoms with Gasteiger partial charge >= 0.3 is 12.1 Å². The van der Waals surface area contributed by atoms with Crippen LogP contribution in [0.15, 0.2) is 0 Å². The molecule has 0 aromatic carbocycles. The maximum Gasteiger partial charge on any atom is 0.408 e. The maximum absolute atomic E-state index is 12.4. The Morgan fingerprint density at radius 2 is 1.90 bits per heavy atom. The molecule has 1 aliphatic heterocycles. The lowest BCUT2D eigenvalue weighted by Crippen LogP contribution is -2.47. The Bertz CT molecular complexity index is 675. The number of ether oxygens (including phenoxy) is 2. The Kier molecular flexibility index (Phi) is 9.80. The monoisotopic (exact) mass is 444 g/mol. The second-order valence-corrected chi connectivity index (χ2v) is 9.75. The van der Waals surface area contributed by atoms with E-state index in [9.17, 15) is 24.0 Å². The Balaban J connectivity index is 2.61. The number of methoxy groups -OCH3 is 1. The van der Waals surface area contributed by atoms with Crippen LogP contribution in [0, 0.1) is 5.92 Å². The number of rotatable bonds is 8. The Labute approximate surface area is 181 Å². The number of Topliss-reactive ketones (excluding diaryl/α,β-unsaturated/α-hetero) is 2. The quantitative estimate of drug-likeness (QED) is 0.541. The van der Waals surface area contributed by atoms with Crippen molar-refractivity contribution >= 4 is 41.3 Å². The maximum atomic E-state index is 12.4. The zero-order valence-corrected chi connectivity index (χ0v) is 19.2. The molecule has 9 nitrogen and oxygen atoms in total. The minimum Gasteiger partial charge on any atom is -0.467 e. The van der Waals surface area contributed by atoms with Crippen LogP contribution in [0.3, 0.4) is 0 Å². The van der Waals surface area contributed by atoms with Crippen molar-refractivity contribution < 1.29 is 33.4 Å². The summed E-state index contributed by atoms with van der Waals surface area (Å²) < 4.78 is 9.86. The Morgan fingerprint density at radius 1 is 1.27 bits per heavy atom. The smallest absolute Gasteiger partial charge is 0.408 e. The molecule has 1 rings (SSSR count). The normalized spacial score (nSPS) is 22.9. The van der Waals surface area contributed by atoms with Crippen molar-refractivity contribution in [2.24, 2.45) is 5.92 Å². The highest BCUT2D eigenvalue weighted by Crippen LogP contribution is 2.25. The third kappa shape index (κ3) is 8.73. The van der Waals surface area contributed by atoms with Gasteiger partial charge < -0.3 is 20.1 Å². The lowest BCUT2D eigenvalue weighted by molar-refractivity contribution is -0.145. The lowest BCUT2D eigenvalue weighted by atomic mass is 9.98. The summed E-state index contributed by atoms with van der Waals surface area (Å²) in [4.78, 5) is 60.4. The first-order chi connectivity index (χ1) is 13.8. The number of amides is 2. The van der Waals surface area contributed by atoms with Gasteiger partial charge in [0, 0.05) is 23.8 Å². The summed E-state index contributed by atoms with van der Waals surface area (Å²) in [6.45, 7) is 8.27. The third-order valence-corrected chi connectivity index (χ3v) is 5.91. The molecule has 1 heterocycles. The van der Waals surface area contributed by atoms with Crippen molar-refractivity contribution in [2.75, 3.05) is 12.9 Å². The molecule has 2 N–H and O–H groups in total. The molecule has 0 bridgehead atoms. The van der Waals surface area contributed by atoms with Crippen molar-refractivity contribution in [1.82, 2.24) is 10.6 Å². The van der Waals surface area contributed by atoms with Gasteiger partial charge in [-0.05, 0) is 34.1 Å². The first-order valence-electron chi connectivity index (χ1n) is 9.85. The number of ketones is 2. The van der Waals surface area contributed by atoms with Gasteiger partial charge in [-0.1, -0.05) is 6.92 Å². The second kappa shape index (κ2) is 11.3. The zero-order valence-electron chi connectivity index (χ0n) is 18.4. The molecule has 0 spiro atoms. The lowest BCUT2D eigenvalue weighted by Gasteiger charge is -2.22. The number of carbonyl (C=O) groups excluding carboxylic acids is 5. The van der Waals surface area contributed by atoms with Crippen LogP contribution in [-0.4, -0.2) is 65.3 Å². The number of carbonyl (C=O) groups is 5. The van der Waals surface area contributed by atoms with E-state index in [1.807, 2.05) is 6.92 Å². The van der Waals surface area contributed by atoms with Gasteiger partial charge in [0.2, 0.25) is 5.91 Å². The van der Waals surface area contributed by atoms with Gasteiger partial charge in [-0.15, -0.1) is 0 Å². The molecule has 2 amide bonds. The van der Waals surface area contributed by atoms with E-state index in [1.165, 1.54) is 25.8 Å². The molecule has 170 valence electrons. The van der Waals surface area contributed by atoms with Crippen molar-refractivity contribution in [2.45, 2.75) is 76.8 Å². The highest BCUT2D eigenvalue weighted by atomic mass is 32.2. The summed E-state index contributed by atoms with van der Waals surface area (Å²) in [5.74, 6) is -1.55. The molecular formula is C20H32N2O7S. The first-order valence-corrected chi connectivity index (χ1v) is 10.9. The molecule has 0 aliphatic carbocycles. The highest BCUT2D eigenvalue weighted by Gasteiger charge is 2.35. The van der Waals surface area contributed by atoms with E-state index in [0.717, 1.165) is 0 Å². The van der Waals surface area contributed by atoms with E-state index in [1.54, 1.807) is 20.8 Å². The zero-order chi connectivity index (χ0) is 23.1. The van der Waals surface area contributed by atoms with Gasteiger partial charge in [-0.3, -0.25) is 14.4 Å². The van der Waals surface area contributed by atoms with E-state index in [0.29, 0.717) is 5.75 Å². The molecule has 1 fully saturated rings. The summed E-state index contributed by atoms with van der Waals surface area (Å²) in [6.07, 6.45) is -0.575. The predicted octanol–water partition coefficient (Wildman–Crippen LogP) is 1.62. The number of esters is 1. The summed E-state index contributed by atoms with van der Waals surface area (Å²) in [6, 6.07) is -1.60. The summed E-state index contributed by atoms with van der Waals surface area (Å²) >= 11 is 1.42. The van der Waals surface area contributed by atoms with E-state index in [4.69, 9.17) is 9.47 Å². The molecule has 0 saturated carbocycles. The predicted molar refractivity (Wildman–Crippen MR) is 112 cm³/mol. The molecule has 10 heteroatoms. The molecule has 0 radical (unpaired) electrons. The molecule has 1 aliphatic rings. The summed E-state index contributed by atoms with van der Waals surface area (Å²) in [5, 5.41) is 4.96. The van der Waals surface area contributed by atoms with Gasteiger partial charge in [0.25, 0.3) is 0 Å². The van der Waals surface area contributed by atoms with E-state index in [2.05, 4.69) is 10.6 Å². The highest BCUT2D eigenvalue weighted by molar-refractivity contribution is 8.00. The molecule has 0 unspecified atom stereocenters. The number of thioether (sulfide) groups is 1. The van der Waals surface area contributed by atoms with Gasteiger partial charge in [-0.2, -0.15) is 11.8 Å². The van der Waals surface area contributed by atoms with E-state index >= 15 is 0 Å². The van der Waals surface area contributed by atoms with Crippen molar-refractivity contribution in [3.63, 3.8) is 0 Å². The molecule has 0 aromatic rings. The fourth-order valence-electron chi connectivity index (χ4n) is 2.87. The number of hydrogen-bond donors (Lipinski definition) is 2. The van der Waals surface area contributed by atoms with Crippen LogP contribution in [0.2, 0.25) is 0 Å². The summed E-state index contributed by atoms with van der Waals surface area (Å²) in [7, 11) is 1.26.